The summed E-state index contributed by atoms with van der Waals surface area (Å²) in [5, 5.41) is 0. The quantitative estimate of drug-likeness (QED) is 0.638. The van der Waals surface area contributed by atoms with E-state index in [9.17, 15) is 8.78 Å². The second-order valence-electron chi connectivity index (χ2n) is 7.19. The van der Waals surface area contributed by atoms with Crippen molar-refractivity contribution in [2.45, 2.75) is 45.2 Å². The maximum absolute atomic E-state index is 13.3. The summed E-state index contributed by atoms with van der Waals surface area (Å²) in [6, 6.07) is 3.69. The van der Waals surface area contributed by atoms with Crippen LogP contribution in [0.3, 0.4) is 0 Å². The Balaban J connectivity index is 1.35. The highest BCUT2D eigenvalue weighted by molar-refractivity contribution is 5.19. The fraction of sp³-hybridized carbons (Fsp3) is 0.619. The number of unbranched alkanes of at least 4 members (excludes halogenated alkanes) is 1. The lowest BCUT2D eigenvalue weighted by molar-refractivity contribution is -0.217. The molecule has 6 heteroatoms. The normalized spacial score (nSPS) is 29.3. The minimum Gasteiger partial charge on any atom is -0.352 e. The number of hydrogen-bond donors (Lipinski definition) is 0. The smallest absolute Gasteiger partial charge is 0.183 e. The molecule has 0 saturated carbocycles. The molecule has 0 N–H and O–H groups in total. The standard InChI is InChI=1S/C21H28F2O4/c1-2-3-4-5-15-11-24-20(25-12-15)9-6-16-13-26-21(27-14-16)17-7-8-18(22)19(23)10-17/h4-5,7-8,10,15-16,20-21H,2-3,6,9,11-14H2,1H3/b5-4+/t15-,16?,20-,21?. The van der Waals surface area contributed by atoms with Gasteiger partial charge in [-0.3, -0.25) is 0 Å². The molecule has 4 nitrogen and oxygen atoms in total. The number of rotatable bonds is 7. The van der Waals surface area contributed by atoms with E-state index in [1.165, 1.54) is 6.07 Å². The molecule has 2 aliphatic heterocycles. The first-order chi connectivity index (χ1) is 13.2. The van der Waals surface area contributed by atoms with Gasteiger partial charge in [0.2, 0.25) is 0 Å². The zero-order valence-electron chi connectivity index (χ0n) is 15.7. The predicted molar refractivity (Wildman–Crippen MR) is 97.0 cm³/mol. The van der Waals surface area contributed by atoms with E-state index in [1.807, 2.05) is 0 Å². The van der Waals surface area contributed by atoms with Crippen LogP contribution in [0.2, 0.25) is 0 Å². The average Bonchev–Trinajstić information content (AvgIpc) is 2.70. The third kappa shape index (κ3) is 6.07. The van der Waals surface area contributed by atoms with Crippen molar-refractivity contribution in [3.8, 4) is 0 Å². The van der Waals surface area contributed by atoms with Gasteiger partial charge in [0.15, 0.2) is 24.2 Å². The molecule has 2 aliphatic rings. The van der Waals surface area contributed by atoms with E-state index in [2.05, 4.69) is 19.1 Å². The molecule has 0 unspecified atom stereocenters. The first-order valence-electron chi connectivity index (χ1n) is 9.73. The Morgan fingerprint density at radius 3 is 2.37 bits per heavy atom. The van der Waals surface area contributed by atoms with E-state index in [4.69, 9.17) is 18.9 Å². The number of benzene rings is 1. The van der Waals surface area contributed by atoms with Crippen LogP contribution in [0.1, 0.15) is 44.5 Å². The van der Waals surface area contributed by atoms with E-state index >= 15 is 0 Å². The molecule has 0 amide bonds. The van der Waals surface area contributed by atoms with E-state index in [1.54, 1.807) is 0 Å². The van der Waals surface area contributed by atoms with E-state index in [-0.39, 0.29) is 12.2 Å². The van der Waals surface area contributed by atoms with Gasteiger partial charge in [-0.05, 0) is 31.4 Å². The summed E-state index contributed by atoms with van der Waals surface area (Å²) in [6.07, 6.45) is 7.45. The molecule has 3 rings (SSSR count). The molecule has 0 bridgehead atoms. The van der Waals surface area contributed by atoms with Gasteiger partial charge in [-0.1, -0.05) is 31.6 Å². The van der Waals surface area contributed by atoms with Crippen molar-refractivity contribution in [1.29, 1.82) is 0 Å². The van der Waals surface area contributed by atoms with Gasteiger partial charge in [0.1, 0.15) is 0 Å². The van der Waals surface area contributed by atoms with Gasteiger partial charge < -0.3 is 18.9 Å². The van der Waals surface area contributed by atoms with Gasteiger partial charge in [-0.15, -0.1) is 0 Å². The van der Waals surface area contributed by atoms with Crippen LogP contribution in [0.4, 0.5) is 8.78 Å². The van der Waals surface area contributed by atoms with Crippen LogP contribution in [-0.2, 0) is 18.9 Å². The topological polar surface area (TPSA) is 36.9 Å². The molecule has 0 atom stereocenters. The van der Waals surface area contributed by atoms with Crippen LogP contribution in [0.15, 0.2) is 30.4 Å². The summed E-state index contributed by atoms with van der Waals surface area (Å²) in [6.45, 7) is 4.58. The maximum atomic E-state index is 13.3. The van der Waals surface area contributed by atoms with Crippen molar-refractivity contribution >= 4 is 0 Å². The van der Waals surface area contributed by atoms with Crippen molar-refractivity contribution < 1.29 is 27.7 Å². The summed E-state index contributed by atoms with van der Waals surface area (Å²) in [5.41, 5.74) is 0.494. The van der Waals surface area contributed by atoms with E-state index in [0.717, 1.165) is 37.8 Å². The van der Waals surface area contributed by atoms with Gasteiger partial charge >= 0.3 is 0 Å². The van der Waals surface area contributed by atoms with Crippen molar-refractivity contribution in [1.82, 2.24) is 0 Å². The number of halogens is 2. The molecule has 2 saturated heterocycles. The molecule has 150 valence electrons. The minimum absolute atomic E-state index is 0.176. The van der Waals surface area contributed by atoms with Gasteiger partial charge in [-0.25, -0.2) is 8.78 Å². The highest BCUT2D eigenvalue weighted by Crippen LogP contribution is 2.28. The zero-order chi connectivity index (χ0) is 19.1. The number of ether oxygens (including phenoxy) is 4. The van der Waals surface area contributed by atoms with Crippen molar-refractivity contribution in [2.24, 2.45) is 11.8 Å². The summed E-state index contributed by atoms with van der Waals surface area (Å²) >= 11 is 0. The van der Waals surface area contributed by atoms with Crippen molar-refractivity contribution in [3.05, 3.63) is 47.5 Å². The summed E-state index contributed by atoms with van der Waals surface area (Å²) in [5.74, 6) is -1.19. The fourth-order valence-electron chi connectivity index (χ4n) is 3.22. The van der Waals surface area contributed by atoms with Crippen LogP contribution in [-0.4, -0.2) is 32.7 Å². The van der Waals surface area contributed by atoms with Crippen LogP contribution in [0.25, 0.3) is 0 Å². The summed E-state index contributed by atoms with van der Waals surface area (Å²) in [4.78, 5) is 0. The third-order valence-electron chi connectivity index (χ3n) is 4.85. The number of hydrogen-bond acceptors (Lipinski definition) is 4. The highest BCUT2D eigenvalue weighted by atomic mass is 19.2. The maximum Gasteiger partial charge on any atom is 0.183 e. The minimum atomic E-state index is -0.892. The third-order valence-corrected chi connectivity index (χ3v) is 4.85. The molecule has 1 aromatic carbocycles. The SMILES string of the molecule is CCC/C=C/[C@H]1CO[C@H](CCC2COC(c3ccc(F)c(F)c3)OC2)OC1. The number of allylic oxidation sites excluding steroid dienone is 1. The molecule has 2 heterocycles. The van der Waals surface area contributed by atoms with Gasteiger partial charge in [0.25, 0.3) is 0 Å². The Morgan fingerprint density at radius 1 is 0.963 bits per heavy atom. The van der Waals surface area contributed by atoms with Crippen molar-refractivity contribution in [2.75, 3.05) is 26.4 Å². The second-order valence-corrected chi connectivity index (χ2v) is 7.19. The van der Waals surface area contributed by atoms with E-state index < -0.39 is 17.9 Å². The monoisotopic (exact) mass is 382 g/mol. The molecule has 0 aromatic heterocycles. The summed E-state index contributed by atoms with van der Waals surface area (Å²) in [7, 11) is 0. The van der Waals surface area contributed by atoms with Gasteiger partial charge in [0.05, 0.1) is 26.4 Å². The Hall–Kier alpha value is -1.34. The van der Waals surface area contributed by atoms with Gasteiger partial charge in [-0.2, -0.15) is 0 Å². The fourth-order valence-corrected chi connectivity index (χ4v) is 3.22. The van der Waals surface area contributed by atoms with E-state index in [0.29, 0.717) is 37.9 Å². The molecule has 0 spiro atoms. The van der Waals surface area contributed by atoms with Gasteiger partial charge in [0, 0.05) is 17.4 Å². The van der Waals surface area contributed by atoms with Crippen LogP contribution < -0.4 is 0 Å². The predicted octanol–water partition coefficient (Wildman–Crippen LogP) is 4.75. The average molecular weight is 382 g/mol. The highest BCUT2D eigenvalue weighted by Gasteiger charge is 2.26. The molecular weight excluding hydrogens is 354 g/mol. The molecule has 2 fully saturated rings. The molecular formula is C21H28F2O4. The molecule has 1 aromatic rings. The molecule has 0 aliphatic carbocycles. The Kier molecular flexibility index (Phi) is 7.76. The van der Waals surface area contributed by atoms with Crippen LogP contribution in [0, 0.1) is 23.5 Å². The first-order valence-corrected chi connectivity index (χ1v) is 9.73. The lowest BCUT2D eigenvalue weighted by Crippen LogP contribution is -2.33. The largest absolute Gasteiger partial charge is 0.352 e. The van der Waals surface area contributed by atoms with Crippen LogP contribution >= 0.6 is 0 Å². The van der Waals surface area contributed by atoms with Crippen LogP contribution in [0.5, 0.6) is 0 Å². The Labute approximate surface area is 159 Å². The zero-order valence-corrected chi connectivity index (χ0v) is 15.7. The molecule has 27 heavy (non-hydrogen) atoms. The second kappa shape index (κ2) is 10.3. The van der Waals surface area contributed by atoms with Crippen molar-refractivity contribution in [3.63, 3.8) is 0 Å². The Bertz CT molecular complexity index is 606. The summed E-state index contributed by atoms with van der Waals surface area (Å²) < 4.78 is 49.3. The Morgan fingerprint density at radius 2 is 1.70 bits per heavy atom. The lowest BCUT2D eigenvalue weighted by atomic mass is 10.0. The first kappa shape index (κ1) is 20.4. The molecule has 0 radical (unpaired) electrons. The lowest BCUT2D eigenvalue weighted by Gasteiger charge is -2.32.